The minimum atomic E-state index is 0.883. The van der Waals surface area contributed by atoms with Crippen LogP contribution in [0.2, 0.25) is 0 Å². The Balaban J connectivity index is 1.23. The SMILES string of the molecule is CC(=NN=C(C)c1ccc2c(c1)Nc1ccccc1S2)c1ccc2c(c1)Nc1ccccc1S2. The molecule has 2 aliphatic rings. The van der Waals surface area contributed by atoms with E-state index in [2.05, 4.69) is 106 Å². The standard InChI is InChI=1S/C28H22N4S2/c1-17(19-11-13-27-23(15-19)29-21-7-3-5-9-25(21)33-27)31-32-18(2)20-12-14-28-24(16-20)30-22-8-4-6-10-26(22)34-28/h3-16,29-30H,1-2H3. The maximum absolute atomic E-state index is 4.56. The van der Waals surface area contributed by atoms with Crippen molar-refractivity contribution in [1.29, 1.82) is 0 Å². The number of anilines is 4. The Labute approximate surface area is 207 Å². The number of rotatable bonds is 3. The van der Waals surface area contributed by atoms with Crippen molar-refractivity contribution in [2.45, 2.75) is 33.4 Å². The van der Waals surface area contributed by atoms with Crippen molar-refractivity contribution in [3.8, 4) is 0 Å². The highest BCUT2D eigenvalue weighted by atomic mass is 32.2. The van der Waals surface area contributed by atoms with Crippen LogP contribution in [0.3, 0.4) is 0 Å². The van der Waals surface area contributed by atoms with Gasteiger partial charge in [0.2, 0.25) is 0 Å². The third-order valence-electron chi connectivity index (χ3n) is 5.90. The molecule has 0 unspecified atom stereocenters. The van der Waals surface area contributed by atoms with Crippen molar-refractivity contribution in [3.05, 3.63) is 96.1 Å². The second kappa shape index (κ2) is 8.70. The molecule has 0 atom stereocenters. The van der Waals surface area contributed by atoms with E-state index in [4.69, 9.17) is 0 Å². The zero-order chi connectivity index (χ0) is 23.1. The number of hydrogen-bond acceptors (Lipinski definition) is 6. The molecule has 0 saturated carbocycles. The lowest BCUT2D eigenvalue weighted by molar-refractivity contribution is 1.21. The van der Waals surface area contributed by atoms with Crippen molar-refractivity contribution in [3.63, 3.8) is 0 Å². The van der Waals surface area contributed by atoms with E-state index in [9.17, 15) is 0 Å². The van der Waals surface area contributed by atoms with Crippen LogP contribution in [0.5, 0.6) is 0 Å². The fourth-order valence-electron chi connectivity index (χ4n) is 3.99. The highest BCUT2D eigenvalue weighted by Crippen LogP contribution is 2.45. The van der Waals surface area contributed by atoms with Crippen LogP contribution in [-0.4, -0.2) is 11.4 Å². The Morgan fingerprint density at radius 3 is 1.41 bits per heavy atom. The third kappa shape index (κ3) is 4.00. The van der Waals surface area contributed by atoms with E-state index >= 15 is 0 Å². The van der Waals surface area contributed by atoms with Crippen LogP contribution in [0.25, 0.3) is 0 Å². The molecule has 0 aliphatic carbocycles. The molecule has 0 aromatic heterocycles. The summed E-state index contributed by atoms with van der Waals surface area (Å²) in [5.74, 6) is 0. The normalized spacial score (nSPS) is 14.2. The van der Waals surface area contributed by atoms with Gasteiger partial charge in [-0.25, -0.2) is 0 Å². The maximum Gasteiger partial charge on any atom is 0.0672 e. The lowest BCUT2D eigenvalue weighted by Crippen LogP contribution is -2.03. The van der Waals surface area contributed by atoms with E-state index in [1.165, 1.54) is 19.6 Å². The largest absolute Gasteiger partial charge is 0.354 e. The number of fused-ring (bicyclic) bond motifs is 4. The van der Waals surface area contributed by atoms with Gasteiger partial charge in [0.25, 0.3) is 0 Å². The van der Waals surface area contributed by atoms with Gasteiger partial charge in [-0.3, -0.25) is 0 Å². The maximum atomic E-state index is 4.56. The van der Waals surface area contributed by atoms with E-state index in [0.29, 0.717) is 0 Å². The van der Waals surface area contributed by atoms with E-state index in [1.807, 2.05) is 13.8 Å². The molecular formula is C28H22N4S2. The zero-order valence-corrected chi connectivity index (χ0v) is 20.4. The van der Waals surface area contributed by atoms with Crippen molar-refractivity contribution in [2.24, 2.45) is 10.2 Å². The first-order valence-corrected chi connectivity index (χ1v) is 12.7. The monoisotopic (exact) mass is 478 g/mol. The number of para-hydroxylation sites is 2. The Morgan fingerprint density at radius 1 is 0.529 bits per heavy atom. The number of nitrogens with one attached hydrogen (secondary N) is 2. The summed E-state index contributed by atoms with van der Waals surface area (Å²) in [6.07, 6.45) is 0. The van der Waals surface area contributed by atoms with E-state index in [-0.39, 0.29) is 0 Å². The Morgan fingerprint density at radius 2 is 0.941 bits per heavy atom. The van der Waals surface area contributed by atoms with Crippen molar-refractivity contribution in [1.82, 2.24) is 0 Å². The summed E-state index contributed by atoms with van der Waals surface area (Å²) in [6, 6.07) is 29.6. The van der Waals surface area contributed by atoms with Crippen LogP contribution in [0, 0.1) is 0 Å². The number of hydrogen-bond donors (Lipinski definition) is 2. The fourth-order valence-corrected chi connectivity index (χ4v) is 5.93. The van der Waals surface area contributed by atoms with Gasteiger partial charge in [0.05, 0.1) is 34.2 Å². The molecular weight excluding hydrogens is 456 g/mol. The van der Waals surface area contributed by atoms with Crippen LogP contribution >= 0.6 is 23.5 Å². The molecule has 2 N–H and O–H groups in total. The molecule has 6 heteroatoms. The number of benzene rings is 4. The fraction of sp³-hybridized carbons (Fsp3) is 0.0714. The molecule has 6 rings (SSSR count). The summed E-state index contributed by atoms with van der Waals surface area (Å²) in [4.78, 5) is 4.93. The predicted octanol–water partition coefficient (Wildman–Crippen LogP) is 8.34. The summed E-state index contributed by atoms with van der Waals surface area (Å²) < 4.78 is 0. The third-order valence-corrected chi connectivity index (χ3v) is 8.20. The summed E-state index contributed by atoms with van der Waals surface area (Å²) in [5.41, 5.74) is 8.38. The lowest BCUT2D eigenvalue weighted by Gasteiger charge is -2.21. The molecule has 34 heavy (non-hydrogen) atoms. The highest BCUT2D eigenvalue weighted by molar-refractivity contribution is 8.00. The average Bonchev–Trinajstić information content (AvgIpc) is 2.88. The lowest BCUT2D eigenvalue weighted by atomic mass is 10.1. The first-order chi connectivity index (χ1) is 16.6. The van der Waals surface area contributed by atoms with Crippen LogP contribution < -0.4 is 10.6 Å². The molecule has 0 bridgehead atoms. The van der Waals surface area contributed by atoms with Crippen LogP contribution in [0.1, 0.15) is 25.0 Å². The van der Waals surface area contributed by atoms with Crippen LogP contribution in [0.15, 0.2) is 115 Å². The molecule has 0 fully saturated rings. The second-order valence-corrected chi connectivity index (χ2v) is 10.4. The minimum Gasteiger partial charge on any atom is -0.354 e. The Bertz CT molecular complexity index is 1380. The van der Waals surface area contributed by atoms with Gasteiger partial charge < -0.3 is 10.6 Å². The van der Waals surface area contributed by atoms with Gasteiger partial charge in [0.1, 0.15) is 0 Å². The molecule has 0 spiro atoms. The smallest absolute Gasteiger partial charge is 0.0672 e. The van der Waals surface area contributed by atoms with Crippen molar-refractivity contribution < 1.29 is 0 Å². The molecule has 0 amide bonds. The van der Waals surface area contributed by atoms with Crippen molar-refractivity contribution in [2.75, 3.05) is 10.6 Å². The molecule has 0 saturated heterocycles. The van der Waals surface area contributed by atoms with Gasteiger partial charge in [0.15, 0.2) is 0 Å². The van der Waals surface area contributed by atoms with Gasteiger partial charge in [-0.2, -0.15) is 10.2 Å². The molecule has 2 heterocycles. The zero-order valence-electron chi connectivity index (χ0n) is 18.8. The van der Waals surface area contributed by atoms with E-state index in [0.717, 1.165) is 45.3 Å². The predicted molar refractivity (Wildman–Crippen MR) is 145 cm³/mol. The molecule has 4 aromatic rings. The molecule has 166 valence electrons. The van der Waals surface area contributed by atoms with E-state index in [1.54, 1.807) is 23.5 Å². The average molecular weight is 479 g/mol. The highest BCUT2D eigenvalue weighted by Gasteiger charge is 2.17. The van der Waals surface area contributed by atoms with Gasteiger partial charge in [-0.15, -0.1) is 0 Å². The molecule has 4 aromatic carbocycles. The minimum absolute atomic E-state index is 0.883. The van der Waals surface area contributed by atoms with Gasteiger partial charge in [0, 0.05) is 19.6 Å². The molecule has 4 nitrogen and oxygen atoms in total. The summed E-state index contributed by atoms with van der Waals surface area (Å²) in [7, 11) is 0. The van der Waals surface area contributed by atoms with Crippen LogP contribution in [-0.2, 0) is 0 Å². The van der Waals surface area contributed by atoms with Crippen molar-refractivity contribution >= 4 is 57.7 Å². The second-order valence-electron chi connectivity index (χ2n) is 8.24. The van der Waals surface area contributed by atoms with Crippen LogP contribution in [0.4, 0.5) is 22.7 Å². The van der Waals surface area contributed by atoms with E-state index < -0.39 is 0 Å². The summed E-state index contributed by atoms with van der Waals surface area (Å²) in [6.45, 7) is 4.01. The van der Waals surface area contributed by atoms with Gasteiger partial charge in [-0.1, -0.05) is 59.9 Å². The first kappa shape index (κ1) is 21.1. The first-order valence-electron chi connectivity index (χ1n) is 11.1. The summed E-state index contributed by atoms with van der Waals surface area (Å²) >= 11 is 3.58. The number of nitrogens with zero attached hydrogens (tertiary/aromatic N) is 2. The molecule has 0 radical (unpaired) electrons. The topological polar surface area (TPSA) is 48.8 Å². The Hall–Kier alpha value is -3.48. The van der Waals surface area contributed by atoms with Gasteiger partial charge in [-0.05, 0) is 73.5 Å². The summed E-state index contributed by atoms with van der Waals surface area (Å²) in [5, 5.41) is 16.2. The van der Waals surface area contributed by atoms with Gasteiger partial charge >= 0.3 is 0 Å². The molecule has 2 aliphatic heterocycles. The quantitative estimate of drug-likeness (QED) is 0.198. The Kier molecular flexibility index (Phi) is 5.40.